The number of hydrogen-bond donors (Lipinski definition) is 4. The summed E-state index contributed by atoms with van der Waals surface area (Å²) in [6, 6.07) is 11.2. The molecule has 1 aromatic heterocycles. The van der Waals surface area contributed by atoms with E-state index in [9.17, 15) is 4.79 Å². The lowest BCUT2D eigenvalue weighted by molar-refractivity contribution is 0.0947. The highest BCUT2D eigenvalue weighted by Gasteiger charge is 2.15. The maximum Gasteiger partial charge on any atom is 0.273 e. The molecular weight excluding hydrogens is 302 g/mol. The number of thioether (sulfide) groups is 1. The first kappa shape index (κ1) is 15.0. The maximum atomic E-state index is 12.0. The van der Waals surface area contributed by atoms with Crippen LogP contribution in [0, 0.1) is 0 Å². The number of carbonyl (C=O) groups excluding carboxylic acids is 1. The lowest BCUT2D eigenvalue weighted by atomic mass is 10.1. The predicted molar refractivity (Wildman–Crippen MR) is 84.8 cm³/mol. The Hall–Kier alpha value is -1.87. The molecule has 0 aliphatic carbocycles. The quantitative estimate of drug-likeness (QED) is 0.584. The molecule has 116 valence electrons. The highest BCUT2D eigenvalue weighted by Crippen LogP contribution is 2.19. The van der Waals surface area contributed by atoms with E-state index < -0.39 is 0 Å². The van der Waals surface area contributed by atoms with Crippen molar-refractivity contribution in [3.8, 4) is 11.3 Å². The van der Waals surface area contributed by atoms with E-state index in [1.165, 1.54) is 0 Å². The molecule has 1 amide bonds. The third-order valence-electron chi connectivity index (χ3n) is 3.12. The molecular formula is C14H17N5O2S. The van der Waals surface area contributed by atoms with E-state index in [2.05, 4.69) is 26.9 Å². The fourth-order valence-electron chi connectivity index (χ4n) is 2.00. The van der Waals surface area contributed by atoms with Gasteiger partial charge >= 0.3 is 0 Å². The fraction of sp³-hybridized carbons (Fsp3) is 0.286. The smallest absolute Gasteiger partial charge is 0.273 e. The number of amides is 1. The van der Waals surface area contributed by atoms with E-state index in [0.717, 1.165) is 17.9 Å². The number of nitrogens with zero attached hydrogens (tertiary/aromatic N) is 1. The van der Waals surface area contributed by atoms with Gasteiger partial charge in [-0.15, -0.1) is 11.8 Å². The van der Waals surface area contributed by atoms with Crippen molar-refractivity contribution in [1.82, 2.24) is 26.9 Å². The summed E-state index contributed by atoms with van der Waals surface area (Å²) < 4.78 is 5.22. The molecule has 1 aliphatic heterocycles. The van der Waals surface area contributed by atoms with Gasteiger partial charge in [0.1, 0.15) is 0 Å². The van der Waals surface area contributed by atoms with Gasteiger partial charge in [-0.05, 0) is 0 Å². The Morgan fingerprint density at radius 2 is 2.27 bits per heavy atom. The summed E-state index contributed by atoms with van der Waals surface area (Å²) in [7, 11) is 0. The van der Waals surface area contributed by atoms with Gasteiger partial charge < -0.3 is 9.84 Å². The van der Waals surface area contributed by atoms with E-state index >= 15 is 0 Å². The Bertz CT molecular complexity index is 613. The van der Waals surface area contributed by atoms with Crippen LogP contribution < -0.4 is 21.7 Å². The van der Waals surface area contributed by atoms with Gasteiger partial charge in [-0.25, -0.2) is 10.9 Å². The van der Waals surface area contributed by atoms with Gasteiger partial charge in [0.2, 0.25) is 0 Å². The number of hydrogen-bond acceptors (Lipinski definition) is 7. The summed E-state index contributed by atoms with van der Waals surface area (Å²) in [5.41, 5.74) is 10.1. The zero-order valence-corrected chi connectivity index (χ0v) is 12.7. The summed E-state index contributed by atoms with van der Waals surface area (Å²) in [6.07, 6.45) is 0. The Morgan fingerprint density at radius 3 is 3.05 bits per heavy atom. The van der Waals surface area contributed by atoms with Crippen LogP contribution in [0.4, 0.5) is 0 Å². The van der Waals surface area contributed by atoms with E-state index in [-0.39, 0.29) is 5.91 Å². The maximum absolute atomic E-state index is 12.0. The third kappa shape index (κ3) is 3.86. The zero-order valence-electron chi connectivity index (χ0n) is 11.8. The van der Waals surface area contributed by atoms with Crippen molar-refractivity contribution in [1.29, 1.82) is 0 Å². The minimum absolute atomic E-state index is 0.220. The number of carbonyl (C=O) groups is 1. The van der Waals surface area contributed by atoms with E-state index in [1.54, 1.807) is 17.8 Å². The summed E-state index contributed by atoms with van der Waals surface area (Å²) >= 11 is 1.73. The molecule has 4 N–H and O–H groups in total. The van der Waals surface area contributed by atoms with Crippen LogP contribution in [0.25, 0.3) is 11.3 Å². The van der Waals surface area contributed by atoms with Crippen LogP contribution in [0.15, 0.2) is 40.9 Å². The van der Waals surface area contributed by atoms with Crippen LogP contribution in [-0.4, -0.2) is 35.3 Å². The van der Waals surface area contributed by atoms with E-state index in [4.69, 9.17) is 4.52 Å². The molecule has 0 spiro atoms. The Labute approximate surface area is 132 Å². The molecule has 7 nitrogen and oxygen atoms in total. The first-order chi connectivity index (χ1) is 10.8. The summed E-state index contributed by atoms with van der Waals surface area (Å²) in [5, 5.41) is 6.97. The van der Waals surface area contributed by atoms with Gasteiger partial charge in [0.25, 0.3) is 5.91 Å². The van der Waals surface area contributed by atoms with Crippen LogP contribution >= 0.6 is 11.8 Å². The largest absolute Gasteiger partial charge is 0.355 e. The summed E-state index contributed by atoms with van der Waals surface area (Å²) in [4.78, 5) is 12.0. The molecule has 0 radical (unpaired) electrons. The van der Waals surface area contributed by atoms with Crippen LogP contribution in [0.5, 0.6) is 0 Å². The lowest BCUT2D eigenvalue weighted by Crippen LogP contribution is -2.33. The first-order valence-corrected chi connectivity index (χ1v) is 8.03. The number of rotatable bonds is 6. The molecule has 3 rings (SSSR count). The number of hydrazine groups is 2. The van der Waals surface area contributed by atoms with Crippen molar-refractivity contribution in [2.24, 2.45) is 0 Å². The molecule has 0 bridgehead atoms. The lowest BCUT2D eigenvalue weighted by Gasteiger charge is -2.07. The molecule has 1 atom stereocenters. The number of nitrogens with one attached hydrogen (secondary N) is 4. The van der Waals surface area contributed by atoms with Crippen molar-refractivity contribution in [2.45, 2.75) is 5.37 Å². The molecule has 1 saturated heterocycles. The van der Waals surface area contributed by atoms with Crippen molar-refractivity contribution < 1.29 is 9.32 Å². The summed E-state index contributed by atoms with van der Waals surface area (Å²) in [5.74, 6) is 1.19. The molecule has 2 heterocycles. The highest BCUT2D eigenvalue weighted by atomic mass is 32.2. The van der Waals surface area contributed by atoms with Crippen LogP contribution in [-0.2, 0) is 0 Å². The monoisotopic (exact) mass is 319 g/mol. The van der Waals surface area contributed by atoms with E-state index in [1.807, 2.05) is 30.3 Å². The molecule has 1 fully saturated rings. The Kier molecular flexibility index (Phi) is 5.07. The second-order valence-corrected chi connectivity index (χ2v) is 6.02. The summed E-state index contributed by atoms with van der Waals surface area (Å²) in [6.45, 7) is 1.43. The minimum Gasteiger partial charge on any atom is -0.355 e. The van der Waals surface area contributed by atoms with Crippen molar-refractivity contribution in [2.75, 3.05) is 18.8 Å². The fourth-order valence-corrected chi connectivity index (χ4v) is 2.85. The van der Waals surface area contributed by atoms with Crippen molar-refractivity contribution >= 4 is 17.7 Å². The van der Waals surface area contributed by atoms with Gasteiger partial charge in [-0.3, -0.25) is 4.79 Å². The van der Waals surface area contributed by atoms with Gasteiger partial charge in [0.05, 0.1) is 5.37 Å². The van der Waals surface area contributed by atoms with E-state index in [0.29, 0.717) is 23.4 Å². The third-order valence-corrected chi connectivity index (χ3v) is 4.24. The van der Waals surface area contributed by atoms with Crippen LogP contribution in [0.3, 0.4) is 0 Å². The SMILES string of the molecule is O=C(NCCSC1CNNN1)c1cc(-c2ccccc2)on1. The standard InChI is InChI=1S/C14H17N5O2S/c20-14(15-6-7-22-13-9-16-19-17-13)11-8-12(21-18-11)10-4-2-1-3-5-10/h1-5,8,13,16-17,19H,6-7,9H2,(H,15,20). The second-order valence-electron chi connectivity index (χ2n) is 4.71. The van der Waals surface area contributed by atoms with Gasteiger partial charge in [-0.2, -0.15) is 5.53 Å². The zero-order chi connectivity index (χ0) is 15.2. The normalized spacial score (nSPS) is 17.5. The second kappa shape index (κ2) is 7.41. The van der Waals surface area contributed by atoms with Crippen LogP contribution in [0.1, 0.15) is 10.5 Å². The van der Waals surface area contributed by atoms with Crippen LogP contribution in [0.2, 0.25) is 0 Å². The number of aromatic nitrogens is 1. The first-order valence-electron chi connectivity index (χ1n) is 6.98. The molecule has 2 aromatic rings. The molecule has 22 heavy (non-hydrogen) atoms. The Balaban J connectivity index is 1.47. The van der Waals surface area contributed by atoms with Crippen molar-refractivity contribution in [3.63, 3.8) is 0 Å². The van der Waals surface area contributed by atoms with Crippen molar-refractivity contribution in [3.05, 3.63) is 42.1 Å². The number of benzene rings is 1. The molecule has 8 heteroatoms. The van der Waals surface area contributed by atoms with Gasteiger partial charge in [0, 0.05) is 30.5 Å². The van der Waals surface area contributed by atoms with Gasteiger partial charge in [-0.1, -0.05) is 35.5 Å². The minimum atomic E-state index is -0.220. The topological polar surface area (TPSA) is 91.2 Å². The van der Waals surface area contributed by atoms with Gasteiger partial charge in [0.15, 0.2) is 11.5 Å². The average molecular weight is 319 g/mol. The predicted octanol–water partition coefficient (Wildman–Crippen LogP) is 0.743. The molecule has 1 aliphatic rings. The molecule has 1 aromatic carbocycles. The average Bonchev–Trinajstić information content (AvgIpc) is 3.24. The molecule has 1 unspecified atom stereocenters. The Morgan fingerprint density at radius 1 is 1.41 bits per heavy atom. The molecule has 0 saturated carbocycles. The highest BCUT2D eigenvalue weighted by molar-refractivity contribution is 7.99.